The standard InChI is InChI=1S/C4H10O.C4H10.CH4/c1-4(2,3)5;1-4(2)3;/h5H,1-3H3;4H,1-3H3;1H4. The minimum atomic E-state index is -0.500. The molecule has 0 bridgehead atoms. The van der Waals surface area contributed by atoms with E-state index in [1.54, 1.807) is 20.8 Å². The Labute approximate surface area is 66.5 Å². The fraction of sp³-hybridized carbons (Fsp3) is 1.00. The molecule has 0 radical (unpaired) electrons. The van der Waals surface area contributed by atoms with Crippen LogP contribution in [-0.2, 0) is 0 Å². The van der Waals surface area contributed by atoms with Gasteiger partial charge in [-0.2, -0.15) is 0 Å². The monoisotopic (exact) mass is 148 g/mol. The lowest BCUT2D eigenvalue weighted by Crippen LogP contribution is -2.10. The summed E-state index contributed by atoms with van der Waals surface area (Å²) in [6, 6.07) is 0. The van der Waals surface area contributed by atoms with Crippen LogP contribution >= 0.6 is 0 Å². The summed E-state index contributed by atoms with van der Waals surface area (Å²) in [5.41, 5.74) is -0.500. The van der Waals surface area contributed by atoms with Crippen LogP contribution in [0, 0.1) is 5.92 Å². The first kappa shape index (κ1) is 16.5. The maximum atomic E-state index is 8.52. The van der Waals surface area contributed by atoms with E-state index in [0.29, 0.717) is 0 Å². The second-order valence-corrected chi connectivity index (χ2v) is 3.90. The van der Waals surface area contributed by atoms with Gasteiger partial charge < -0.3 is 5.11 Å². The highest BCUT2D eigenvalue weighted by Gasteiger charge is 1.97. The van der Waals surface area contributed by atoms with Crippen molar-refractivity contribution in [1.82, 2.24) is 0 Å². The lowest BCUT2D eigenvalue weighted by molar-refractivity contribution is 0.102. The Hall–Kier alpha value is -0.0400. The lowest BCUT2D eigenvalue weighted by atomic mass is 10.2. The van der Waals surface area contributed by atoms with Gasteiger partial charge in [0.1, 0.15) is 0 Å². The molecule has 0 aromatic carbocycles. The van der Waals surface area contributed by atoms with Crippen molar-refractivity contribution >= 4 is 0 Å². The third-order valence-electron chi connectivity index (χ3n) is 0. The number of rotatable bonds is 0. The van der Waals surface area contributed by atoms with Crippen LogP contribution < -0.4 is 0 Å². The average molecular weight is 148 g/mol. The van der Waals surface area contributed by atoms with Crippen molar-refractivity contribution < 1.29 is 5.11 Å². The van der Waals surface area contributed by atoms with Gasteiger partial charge in [-0.1, -0.05) is 28.2 Å². The zero-order chi connectivity index (χ0) is 8.08. The Bertz CT molecular complexity index is 41.5. The molecule has 0 unspecified atom stereocenters. The van der Waals surface area contributed by atoms with Gasteiger partial charge >= 0.3 is 0 Å². The molecule has 1 N–H and O–H groups in total. The molecular weight excluding hydrogens is 124 g/mol. The molecule has 1 heteroatoms. The van der Waals surface area contributed by atoms with Gasteiger partial charge in [0.15, 0.2) is 0 Å². The molecule has 0 saturated heterocycles. The van der Waals surface area contributed by atoms with E-state index in [1.165, 1.54) is 0 Å². The first-order chi connectivity index (χ1) is 3.73. The topological polar surface area (TPSA) is 20.2 Å². The van der Waals surface area contributed by atoms with Crippen molar-refractivity contribution in [3.05, 3.63) is 0 Å². The Kier molecular flexibility index (Phi) is 11.7. The molecule has 66 valence electrons. The van der Waals surface area contributed by atoms with Crippen LogP contribution in [0.25, 0.3) is 0 Å². The summed E-state index contributed by atoms with van der Waals surface area (Å²) < 4.78 is 0. The normalized spacial score (nSPS) is 9.60. The minimum absolute atomic E-state index is 0. The van der Waals surface area contributed by atoms with Crippen LogP contribution in [0.15, 0.2) is 0 Å². The number of aliphatic hydroxyl groups is 1. The fourth-order valence-corrected chi connectivity index (χ4v) is 0. The van der Waals surface area contributed by atoms with E-state index >= 15 is 0 Å². The SMILES string of the molecule is C.CC(C)(C)O.CC(C)C. The molecule has 0 saturated carbocycles. The van der Waals surface area contributed by atoms with E-state index in [2.05, 4.69) is 20.8 Å². The van der Waals surface area contributed by atoms with Gasteiger partial charge in [-0.25, -0.2) is 0 Å². The quantitative estimate of drug-likeness (QED) is 0.559. The highest BCUT2D eigenvalue weighted by molar-refractivity contribution is 4.50. The second kappa shape index (κ2) is 7.07. The van der Waals surface area contributed by atoms with E-state index < -0.39 is 5.60 Å². The second-order valence-electron chi connectivity index (χ2n) is 3.90. The third kappa shape index (κ3) is 241000. The van der Waals surface area contributed by atoms with Gasteiger partial charge in [0.25, 0.3) is 0 Å². The molecule has 1 nitrogen and oxygen atoms in total. The number of hydrogen-bond acceptors (Lipinski definition) is 1. The Morgan fingerprint density at radius 2 is 1.00 bits per heavy atom. The van der Waals surface area contributed by atoms with Gasteiger partial charge in [-0.3, -0.25) is 0 Å². The summed E-state index contributed by atoms with van der Waals surface area (Å²) in [5, 5.41) is 8.52. The summed E-state index contributed by atoms with van der Waals surface area (Å²) in [4.78, 5) is 0. The van der Waals surface area contributed by atoms with Crippen LogP contribution in [0.5, 0.6) is 0 Å². The molecule has 0 aromatic heterocycles. The molecule has 0 spiro atoms. The molecule has 0 fully saturated rings. The Balaban J connectivity index is -0.0000000910. The van der Waals surface area contributed by atoms with Gasteiger partial charge in [0.05, 0.1) is 5.60 Å². The van der Waals surface area contributed by atoms with E-state index in [0.717, 1.165) is 5.92 Å². The lowest BCUT2D eigenvalue weighted by Gasteiger charge is -2.04. The maximum absolute atomic E-state index is 8.52. The zero-order valence-corrected chi connectivity index (χ0v) is 7.52. The molecule has 0 aliphatic rings. The van der Waals surface area contributed by atoms with E-state index in [9.17, 15) is 0 Å². The maximum Gasteiger partial charge on any atom is 0.0563 e. The molecule has 10 heavy (non-hydrogen) atoms. The Morgan fingerprint density at radius 3 is 1.00 bits per heavy atom. The van der Waals surface area contributed by atoms with Crippen LogP contribution in [0.4, 0.5) is 0 Å². The van der Waals surface area contributed by atoms with Gasteiger partial charge in [0, 0.05) is 0 Å². The summed E-state index contributed by atoms with van der Waals surface area (Å²) in [5.74, 6) is 0.833. The van der Waals surface area contributed by atoms with Crippen molar-refractivity contribution in [2.45, 2.75) is 54.6 Å². The van der Waals surface area contributed by atoms with Crippen molar-refractivity contribution in [2.75, 3.05) is 0 Å². The van der Waals surface area contributed by atoms with Crippen LogP contribution in [-0.4, -0.2) is 10.7 Å². The van der Waals surface area contributed by atoms with Crippen molar-refractivity contribution in [2.24, 2.45) is 5.92 Å². The summed E-state index contributed by atoms with van der Waals surface area (Å²) in [6.45, 7) is 11.7. The first-order valence-corrected chi connectivity index (χ1v) is 3.46. The molecular formula is C9H24O. The van der Waals surface area contributed by atoms with E-state index in [4.69, 9.17) is 5.11 Å². The van der Waals surface area contributed by atoms with Crippen LogP contribution in [0.1, 0.15) is 49.0 Å². The fourth-order valence-electron chi connectivity index (χ4n) is 0. The van der Waals surface area contributed by atoms with Crippen LogP contribution in [0.3, 0.4) is 0 Å². The smallest absolute Gasteiger partial charge is 0.0563 e. The minimum Gasteiger partial charge on any atom is -0.391 e. The highest BCUT2D eigenvalue weighted by atomic mass is 16.3. The predicted molar refractivity (Wildman–Crippen MR) is 49.2 cm³/mol. The van der Waals surface area contributed by atoms with E-state index in [-0.39, 0.29) is 7.43 Å². The van der Waals surface area contributed by atoms with Gasteiger partial charge in [-0.05, 0) is 26.7 Å². The molecule has 0 rings (SSSR count). The first-order valence-electron chi connectivity index (χ1n) is 3.46. The largest absolute Gasteiger partial charge is 0.391 e. The summed E-state index contributed by atoms with van der Waals surface area (Å²) in [7, 11) is 0. The third-order valence-corrected chi connectivity index (χ3v) is 0. The molecule has 0 atom stereocenters. The highest BCUT2D eigenvalue weighted by Crippen LogP contribution is 1.93. The van der Waals surface area contributed by atoms with Crippen molar-refractivity contribution in [3.8, 4) is 0 Å². The zero-order valence-electron chi connectivity index (χ0n) is 7.52. The molecule has 0 aromatic rings. The Morgan fingerprint density at radius 1 is 1.00 bits per heavy atom. The average Bonchev–Trinajstić information content (AvgIpc) is 1.19. The van der Waals surface area contributed by atoms with Gasteiger partial charge in [-0.15, -0.1) is 0 Å². The number of hydrogen-bond donors (Lipinski definition) is 1. The molecule has 0 aliphatic heterocycles. The van der Waals surface area contributed by atoms with Crippen molar-refractivity contribution in [3.63, 3.8) is 0 Å². The molecule has 0 heterocycles. The predicted octanol–water partition coefficient (Wildman–Crippen LogP) is 3.08. The van der Waals surface area contributed by atoms with Crippen LogP contribution in [0.2, 0.25) is 0 Å². The van der Waals surface area contributed by atoms with Gasteiger partial charge in [0.2, 0.25) is 0 Å². The van der Waals surface area contributed by atoms with Crippen molar-refractivity contribution in [1.29, 1.82) is 0 Å². The summed E-state index contributed by atoms with van der Waals surface area (Å²) >= 11 is 0. The van der Waals surface area contributed by atoms with E-state index in [1.807, 2.05) is 0 Å². The molecule has 0 aliphatic carbocycles. The molecule has 0 amide bonds. The summed E-state index contributed by atoms with van der Waals surface area (Å²) in [6.07, 6.45) is 0.